The summed E-state index contributed by atoms with van der Waals surface area (Å²) in [6, 6.07) is 7.70. The van der Waals surface area contributed by atoms with Gasteiger partial charge in [-0.15, -0.1) is 11.3 Å². The SMILES string of the molecule is CCOC(=O)c1csc([C@@H](NC(=O)[C@@]2(NC(=O)[C@@H](NC(=O)Cc3ccccc3F)[C@@H](C)I)CCc3[nH]c4c(C(F)(F)F)cccc4c3C2)[C@@H](C)I)n1. The minimum absolute atomic E-state index is 0.00551. The Labute approximate surface area is 327 Å². The van der Waals surface area contributed by atoms with Crippen LogP contribution in [0.5, 0.6) is 0 Å². The van der Waals surface area contributed by atoms with Gasteiger partial charge in [0.1, 0.15) is 22.4 Å². The van der Waals surface area contributed by atoms with Gasteiger partial charge in [0, 0.05) is 30.7 Å². The summed E-state index contributed by atoms with van der Waals surface area (Å²) in [5.74, 6) is -3.12. The maximum Gasteiger partial charge on any atom is 0.418 e. The largest absolute Gasteiger partial charge is 0.461 e. The number of H-pyrrole nitrogens is 1. The summed E-state index contributed by atoms with van der Waals surface area (Å²) >= 11 is 5.23. The number of thiazole rings is 1. The van der Waals surface area contributed by atoms with Gasteiger partial charge in [-0.2, -0.15) is 13.2 Å². The fourth-order valence-electron chi connectivity index (χ4n) is 6.19. The van der Waals surface area contributed by atoms with Crippen molar-refractivity contribution >= 4 is 91.1 Å². The lowest BCUT2D eigenvalue weighted by Gasteiger charge is -2.39. The molecule has 2 aromatic carbocycles. The molecule has 0 unspecified atom stereocenters. The Kier molecular flexibility index (Phi) is 12.5. The normalized spacial score (nSPS) is 18.1. The topological polar surface area (TPSA) is 142 Å². The molecule has 0 saturated carbocycles. The molecule has 0 saturated heterocycles. The molecular formula is C35H35F4I2N5O5S. The Bertz CT molecular complexity index is 1980. The Morgan fingerprint density at radius 2 is 1.79 bits per heavy atom. The van der Waals surface area contributed by atoms with E-state index in [1.807, 2.05) is 29.5 Å². The molecule has 0 radical (unpaired) electrons. The molecule has 1 aliphatic rings. The maximum absolute atomic E-state index is 14.6. The molecule has 5 atom stereocenters. The van der Waals surface area contributed by atoms with Crippen LogP contribution in [-0.2, 0) is 44.6 Å². The molecule has 0 spiro atoms. The highest BCUT2D eigenvalue weighted by Gasteiger charge is 2.47. The number of aromatic nitrogens is 2. The van der Waals surface area contributed by atoms with Gasteiger partial charge in [-0.1, -0.05) is 89.4 Å². The van der Waals surface area contributed by atoms with E-state index in [1.165, 1.54) is 35.7 Å². The molecule has 2 aromatic heterocycles. The summed E-state index contributed by atoms with van der Waals surface area (Å²) < 4.78 is 60.6. The number of benzene rings is 2. The van der Waals surface area contributed by atoms with Crippen molar-refractivity contribution in [1.82, 2.24) is 25.9 Å². The highest BCUT2D eigenvalue weighted by molar-refractivity contribution is 14.1. The molecular weight excluding hydrogens is 932 g/mol. The highest BCUT2D eigenvalue weighted by Crippen LogP contribution is 2.40. The van der Waals surface area contributed by atoms with Crippen LogP contribution >= 0.6 is 56.5 Å². The molecule has 2 heterocycles. The standard InChI is InChI=1S/C35H35F4I2N5O5S/c1-4-51-32(49)25-16-52-31(43-25)28(18(3)41)45-33(50)34(13-12-24-21(15-34)20-9-7-10-22(29(20)42-24)35(37,38)39)46-30(48)27(17(2)40)44-26(47)14-19-8-5-6-11-23(19)36/h5-11,16-18,27-28,42H,4,12-15H2,1-3H3,(H,44,47)(H,45,50)(H,46,48)/t17-,18-,27+,28+,34-/m1/s1. The molecule has 0 aliphatic heterocycles. The van der Waals surface area contributed by atoms with E-state index in [0.717, 1.165) is 17.4 Å². The average molecular weight is 968 g/mol. The number of nitrogens with zero attached hydrogens (tertiary/aromatic N) is 1. The molecule has 0 bridgehead atoms. The quantitative estimate of drug-likeness (QED) is 0.0551. The lowest BCUT2D eigenvalue weighted by molar-refractivity contribution is -0.136. The van der Waals surface area contributed by atoms with E-state index in [9.17, 15) is 36.7 Å². The molecule has 0 fully saturated rings. The van der Waals surface area contributed by atoms with Crippen LogP contribution in [-0.4, -0.2) is 59.7 Å². The third kappa shape index (κ3) is 8.72. The maximum atomic E-state index is 14.6. The molecule has 1 aliphatic carbocycles. The summed E-state index contributed by atoms with van der Waals surface area (Å²) in [4.78, 5) is 61.5. The number of carbonyl (C=O) groups is 4. The van der Waals surface area contributed by atoms with Crippen LogP contribution in [0.3, 0.4) is 0 Å². The lowest BCUT2D eigenvalue weighted by atomic mass is 9.78. The first-order valence-electron chi connectivity index (χ1n) is 16.3. The van der Waals surface area contributed by atoms with Crippen LogP contribution in [0.25, 0.3) is 10.9 Å². The van der Waals surface area contributed by atoms with Crippen LogP contribution in [0.15, 0.2) is 47.8 Å². The highest BCUT2D eigenvalue weighted by atomic mass is 127. The number of aryl methyl sites for hydroxylation is 1. The zero-order chi connectivity index (χ0) is 38.0. The number of nitrogens with one attached hydrogen (secondary N) is 4. The number of rotatable bonds is 12. The van der Waals surface area contributed by atoms with Crippen molar-refractivity contribution in [3.63, 3.8) is 0 Å². The number of fused-ring (bicyclic) bond motifs is 3. The van der Waals surface area contributed by atoms with Crippen molar-refractivity contribution in [3.05, 3.63) is 86.7 Å². The zero-order valence-corrected chi connectivity index (χ0v) is 33.3. The van der Waals surface area contributed by atoms with E-state index in [-0.39, 0.29) is 58.4 Å². The first-order valence-corrected chi connectivity index (χ1v) is 19.7. The van der Waals surface area contributed by atoms with Gasteiger partial charge in [0.05, 0.1) is 30.1 Å². The number of halogens is 6. The number of esters is 1. The van der Waals surface area contributed by atoms with E-state index < -0.39 is 62.8 Å². The minimum atomic E-state index is -4.64. The van der Waals surface area contributed by atoms with Crippen molar-refractivity contribution < 1.29 is 41.5 Å². The Hall–Kier alpha value is -3.33. The van der Waals surface area contributed by atoms with Gasteiger partial charge in [0.15, 0.2) is 5.69 Å². The van der Waals surface area contributed by atoms with Crippen molar-refractivity contribution in [1.29, 1.82) is 0 Å². The second-order valence-corrected chi connectivity index (χ2v) is 17.3. The number of alkyl halides is 5. The average Bonchev–Trinajstić information content (AvgIpc) is 3.71. The first-order chi connectivity index (χ1) is 24.5. The van der Waals surface area contributed by atoms with Gasteiger partial charge in [-0.3, -0.25) is 14.4 Å². The van der Waals surface area contributed by atoms with E-state index >= 15 is 0 Å². The predicted octanol–water partition coefficient (Wildman–Crippen LogP) is 6.53. The molecule has 4 N–H and O–H groups in total. The smallest absolute Gasteiger partial charge is 0.418 e. The van der Waals surface area contributed by atoms with Gasteiger partial charge in [0.2, 0.25) is 17.7 Å². The number of para-hydroxylation sites is 1. The third-order valence-electron chi connectivity index (χ3n) is 8.80. The van der Waals surface area contributed by atoms with Gasteiger partial charge in [0.25, 0.3) is 0 Å². The molecule has 17 heteroatoms. The second-order valence-electron chi connectivity index (χ2n) is 12.5. The molecule has 3 amide bonds. The van der Waals surface area contributed by atoms with Gasteiger partial charge >= 0.3 is 12.1 Å². The van der Waals surface area contributed by atoms with Gasteiger partial charge < -0.3 is 25.7 Å². The Morgan fingerprint density at radius 1 is 1.06 bits per heavy atom. The summed E-state index contributed by atoms with van der Waals surface area (Å²) in [6.07, 6.45) is -5.01. The number of hydrogen-bond donors (Lipinski definition) is 4. The van der Waals surface area contributed by atoms with E-state index in [0.29, 0.717) is 16.3 Å². The van der Waals surface area contributed by atoms with E-state index in [4.69, 9.17) is 4.74 Å². The molecule has 5 rings (SSSR count). The number of ether oxygens (including phenoxy) is 1. The fraction of sp³-hybridized carbons (Fsp3) is 0.400. The van der Waals surface area contributed by atoms with E-state index in [2.05, 4.69) is 48.5 Å². The second kappa shape index (κ2) is 16.4. The number of carbonyl (C=O) groups excluding carboxylic acids is 4. The third-order valence-corrected chi connectivity index (χ3v) is 11.2. The van der Waals surface area contributed by atoms with Crippen LogP contribution in [0, 0.1) is 5.82 Å². The van der Waals surface area contributed by atoms with Crippen molar-refractivity contribution in [2.75, 3.05) is 6.61 Å². The Balaban J connectivity index is 1.50. The van der Waals surface area contributed by atoms with Crippen LogP contribution in [0.1, 0.15) is 71.1 Å². The first kappa shape index (κ1) is 39.9. The van der Waals surface area contributed by atoms with Gasteiger partial charge in [-0.25, -0.2) is 14.2 Å². The van der Waals surface area contributed by atoms with Crippen molar-refractivity contribution in [2.45, 2.75) is 78.1 Å². The van der Waals surface area contributed by atoms with E-state index in [1.54, 1.807) is 19.9 Å². The predicted molar refractivity (Wildman–Crippen MR) is 204 cm³/mol. The summed E-state index contributed by atoms with van der Waals surface area (Å²) in [7, 11) is 0. The number of amides is 3. The number of aromatic amines is 1. The fourth-order valence-corrected chi connectivity index (χ4v) is 8.40. The summed E-state index contributed by atoms with van der Waals surface area (Å²) in [5.41, 5.74) is -1.47. The number of hydrogen-bond acceptors (Lipinski definition) is 7. The molecule has 4 aromatic rings. The van der Waals surface area contributed by atoms with Crippen LogP contribution in [0.4, 0.5) is 17.6 Å². The van der Waals surface area contributed by atoms with Gasteiger partial charge in [-0.05, 0) is 43.0 Å². The minimum Gasteiger partial charge on any atom is -0.461 e. The summed E-state index contributed by atoms with van der Waals surface area (Å²) in [5, 5.41) is 10.8. The van der Waals surface area contributed by atoms with Crippen molar-refractivity contribution in [3.8, 4) is 0 Å². The molecule has 10 nitrogen and oxygen atoms in total. The van der Waals surface area contributed by atoms with Crippen LogP contribution in [0.2, 0.25) is 0 Å². The van der Waals surface area contributed by atoms with Crippen molar-refractivity contribution in [2.24, 2.45) is 0 Å². The van der Waals surface area contributed by atoms with Crippen LogP contribution < -0.4 is 16.0 Å². The zero-order valence-electron chi connectivity index (χ0n) is 28.1. The summed E-state index contributed by atoms with van der Waals surface area (Å²) in [6.45, 7) is 5.34. The molecule has 278 valence electrons. The monoisotopic (exact) mass is 967 g/mol. The Morgan fingerprint density at radius 3 is 2.44 bits per heavy atom. The lowest BCUT2D eigenvalue weighted by Crippen LogP contribution is -2.65. The molecule has 52 heavy (non-hydrogen) atoms.